The van der Waals surface area contributed by atoms with Crippen LogP contribution in [-0.4, -0.2) is 6.54 Å². The molecule has 0 aliphatic carbocycles. The van der Waals surface area contributed by atoms with E-state index >= 15 is 0 Å². The van der Waals surface area contributed by atoms with E-state index in [-0.39, 0.29) is 6.04 Å². The Morgan fingerprint density at radius 1 is 1.20 bits per heavy atom. The molecule has 1 aromatic heterocycles. The van der Waals surface area contributed by atoms with Gasteiger partial charge in [0, 0.05) is 11.6 Å². The Morgan fingerprint density at radius 3 is 2.60 bits per heavy atom. The van der Waals surface area contributed by atoms with Crippen molar-refractivity contribution in [2.75, 3.05) is 6.54 Å². The number of nitrogens with one attached hydrogen (secondary N) is 1. The van der Waals surface area contributed by atoms with Crippen LogP contribution in [0.3, 0.4) is 0 Å². The van der Waals surface area contributed by atoms with Crippen molar-refractivity contribution in [3.05, 3.63) is 57.5 Å². The van der Waals surface area contributed by atoms with Crippen LogP contribution in [0.15, 0.2) is 34.9 Å². The zero-order valence-corrected chi connectivity index (χ0v) is 13.3. The molecule has 0 aliphatic heterocycles. The van der Waals surface area contributed by atoms with Crippen LogP contribution in [0.5, 0.6) is 0 Å². The summed E-state index contributed by atoms with van der Waals surface area (Å²) in [5.74, 6) is 0.928. The predicted octanol–water partition coefficient (Wildman–Crippen LogP) is 5.18. The van der Waals surface area contributed by atoms with Crippen LogP contribution in [0.4, 0.5) is 0 Å². The molecular weight excluding hydrogens is 293 g/mol. The lowest BCUT2D eigenvalue weighted by molar-refractivity contribution is 0.503. The molecule has 0 amide bonds. The normalized spacial score (nSPS) is 12.6. The highest BCUT2D eigenvalue weighted by molar-refractivity contribution is 6.42. The van der Waals surface area contributed by atoms with Gasteiger partial charge in [-0.1, -0.05) is 36.2 Å². The molecule has 0 radical (unpaired) electrons. The van der Waals surface area contributed by atoms with Gasteiger partial charge in [0.15, 0.2) is 0 Å². The summed E-state index contributed by atoms with van der Waals surface area (Å²) in [5.41, 5.74) is 2.33. The quantitative estimate of drug-likeness (QED) is 0.795. The van der Waals surface area contributed by atoms with E-state index in [2.05, 4.69) is 18.3 Å². The van der Waals surface area contributed by atoms with Gasteiger partial charge in [0.25, 0.3) is 0 Å². The van der Waals surface area contributed by atoms with E-state index in [1.165, 1.54) is 5.56 Å². The highest BCUT2D eigenvalue weighted by Crippen LogP contribution is 2.26. The van der Waals surface area contributed by atoms with Crippen molar-refractivity contribution in [1.29, 1.82) is 0 Å². The molecule has 0 saturated heterocycles. The smallest absolute Gasteiger partial charge is 0.101 e. The van der Waals surface area contributed by atoms with Crippen molar-refractivity contribution in [3.8, 4) is 0 Å². The first-order valence-corrected chi connectivity index (χ1v) is 7.58. The van der Waals surface area contributed by atoms with E-state index in [0.717, 1.165) is 30.7 Å². The second kappa shape index (κ2) is 7.16. The standard InChI is InChI=1S/C16H19Cl2NO/c1-3-6-19-16(13-7-11(2)20-10-13)9-12-4-5-14(17)15(18)8-12/h4-5,7-8,10,16,19H,3,6,9H2,1-2H3. The molecule has 2 rings (SSSR count). The van der Waals surface area contributed by atoms with Gasteiger partial charge in [0.05, 0.1) is 16.3 Å². The Bertz CT molecular complexity index is 565. The SMILES string of the molecule is CCCNC(Cc1ccc(Cl)c(Cl)c1)c1coc(C)c1. The maximum atomic E-state index is 6.08. The van der Waals surface area contributed by atoms with Gasteiger partial charge in [-0.05, 0) is 50.1 Å². The van der Waals surface area contributed by atoms with E-state index in [1.807, 2.05) is 31.4 Å². The molecule has 1 heterocycles. The Balaban J connectivity index is 2.16. The molecule has 0 bridgehead atoms. The summed E-state index contributed by atoms with van der Waals surface area (Å²) >= 11 is 12.0. The third-order valence-electron chi connectivity index (χ3n) is 3.22. The topological polar surface area (TPSA) is 25.2 Å². The third-order valence-corrected chi connectivity index (χ3v) is 3.96. The number of hydrogen-bond donors (Lipinski definition) is 1. The summed E-state index contributed by atoms with van der Waals surface area (Å²) in [7, 11) is 0. The summed E-state index contributed by atoms with van der Waals surface area (Å²) in [4.78, 5) is 0. The highest BCUT2D eigenvalue weighted by atomic mass is 35.5. The molecule has 2 aromatic rings. The third kappa shape index (κ3) is 4.02. The molecule has 0 saturated carbocycles. The fourth-order valence-electron chi connectivity index (χ4n) is 2.18. The van der Waals surface area contributed by atoms with Crippen molar-refractivity contribution in [2.45, 2.75) is 32.7 Å². The second-order valence-corrected chi connectivity index (χ2v) is 5.76. The van der Waals surface area contributed by atoms with Gasteiger partial charge in [-0.2, -0.15) is 0 Å². The largest absolute Gasteiger partial charge is 0.469 e. The molecule has 0 spiro atoms. The molecular formula is C16H19Cl2NO. The van der Waals surface area contributed by atoms with Gasteiger partial charge in [0.2, 0.25) is 0 Å². The number of furan rings is 1. The zero-order chi connectivity index (χ0) is 14.5. The summed E-state index contributed by atoms with van der Waals surface area (Å²) in [5, 5.41) is 4.73. The number of rotatable bonds is 6. The zero-order valence-electron chi connectivity index (χ0n) is 11.7. The summed E-state index contributed by atoms with van der Waals surface area (Å²) in [6.07, 6.45) is 3.77. The van der Waals surface area contributed by atoms with Crippen LogP contribution in [0.25, 0.3) is 0 Å². The van der Waals surface area contributed by atoms with Crippen LogP contribution in [0.1, 0.15) is 36.3 Å². The van der Waals surface area contributed by atoms with Crippen molar-refractivity contribution >= 4 is 23.2 Å². The van der Waals surface area contributed by atoms with Gasteiger partial charge in [-0.25, -0.2) is 0 Å². The van der Waals surface area contributed by atoms with E-state index in [9.17, 15) is 0 Å². The van der Waals surface area contributed by atoms with Crippen LogP contribution in [0.2, 0.25) is 10.0 Å². The Labute approximate surface area is 130 Å². The average molecular weight is 312 g/mol. The lowest BCUT2D eigenvalue weighted by Crippen LogP contribution is -2.23. The Hall–Kier alpha value is -0.960. The first-order chi connectivity index (χ1) is 9.60. The minimum atomic E-state index is 0.227. The minimum Gasteiger partial charge on any atom is -0.469 e. The van der Waals surface area contributed by atoms with Crippen LogP contribution >= 0.6 is 23.2 Å². The van der Waals surface area contributed by atoms with Crippen molar-refractivity contribution in [2.24, 2.45) is 0 Å². The monoisotopic (exact) mass is 311 g/mol. The van der Waals surface area contributed by atoms with Crippen LogP contribution < -0.4 is 5.32 Å². The van der Waals surface area contributed by atoms with Gasteiger partial charge in [0.1, 0.15) is 5.76 Å². The molecule has 0 fully saturated rings. The van der Waals surface area contributed by atoms with Gasteiger partial charge in [-0.15, -0.1) is 0 Å². The maximum Gasteiger partial charge on any atom is 0.101 e. The molecule has 2 nitrogen and oxygen atoms in total. The predicted molar refractivity (Wildman–Crippen MR) is 84.6 cm³/mol. The van der Waals surface area contributed by atoms with Crippen molar-refractivity contribution < 1.29 is 4.42 Å². The molecule has 20 heavy (non-hydrogen) atoms. The fourth-order valence-corrected chi connectivity index (χ4v) is 2.50. The summed E-state index contributed by atoms with van der Waals surface area (Å²) in [6, 6.07) is 8.09. The second-order valence-electron chi connectivity index (χ2n) is 4.95. The van der Waals surface area contributed by atoms with Crippen LogP contribution in [0, 0.1) is 6.92 Å². The molecule has 108 valence electrons. The molecule has 1 N–H and O–H groups in total. The van der Waals surface area contributed by atoms with Crippen molar-refractivity contribution in [3.63, 3.8) is 0 Å². The molecule has 4 heteroatoms. The Kier molecular flexibility index (Phi) is 5.53. The highest BCUT2D eigenvalue weighted by Gasteiger charge is 2.14. The minimum absolute atomic E-state index is 0.227. The van der Waals surface area contributed by atoms with E-state index in [1.54, 1.807) is 0 Å². The van der Waals surface area contributed by atoms with Crippen LogP contribution in [-0.2, 0) is 6.42 Å². The lowest BCUT2D eigenvalue weighted by atomic mass is 10.0. The Morgan fingerprint density at radius 2 is 2.00 bits per heavy atom. The molecule has 1 aromatic carbocycles. The summed E-state index contributed by atoms with van der Waals surface area (Å²) in [6.45, 7) is 5.08. The number of benzene rings is 1. The maximum absolute atomic E-state index is 6.08. The first-order valence-electron chi connectivity index (χ1n) is 6.82. The average Bonchev–Trinajstić information content (AvgIpc) is 2.85. The van der Waals surface area contributed by atoms with E-state index in [0.29, 0.717) is 10.0 Å². The van der Waals surface area contributed by atoms with E-state index in [4.69, 9.17) is 27.6 Å². The molecule has 0 aliphatic rings. The molecule has 1 atom stereocenters. The summed E-state index contributed by atoms with van der Waals surface area (Å²) < 4.78 is 5.42. The first kappa shape index (κ1) is 15.4. The van der Waals surface area contributed by atoms with Gasteiger partial charge < -0.3 is 9.73 Å². The molecule has 1 unspecified atom stereocenters. The van der Waals surface area contributed by atoms with Crippen molar-refractivity contribution in [1.82, 2.24) is 5.32 Å². The number of hydrogen-bond acceptors (Lipinski definition) is 2. The van der Waals surface area contributed by atoms with E-state index < -0.39 is 0 Å². The number of halogens is 2. The van der Waals surface area contributed by atoms with Gasteiger partial charge in [-0.3, -0.25) is 0 Å². The van der Waals surface area contributed by atoms with Gasteiger partial charge >= 0.3 is 0 Å². The lowest BCUT2D eigenvalue weighted by Gasteiger charge is -2.17. The number of aryl methyl sites for hydroxylation is 1. The fraction of sp³-hybridized carbons (Fsp3) is 0.375.